The molecule has 1 rings (SSSR count). The number of hydrogen-bond donors (Lipinski definition) is 0. The molecule has 1 unspecified atom stereocenters. The maximum Gasteiger partial charge on any atom is 0.344 e. The smallest absolute Gasteiger partial charge is 0.344 e. The van der Waals surface area contributed by atoms with Crippen LogP contribution in [0, 0.1) is 0 Å². The van der Waals surface area contributed by atoms with Crippen molar-refractivity contribution in [2.24, 2.45) is 0 Å². The molecule has 0 N–H and O–H groups in total. The van der Waals surface area contributed by atoms with Crippen molar-refractivity contribution in [1.82, 2.24) is 0 Å². The van der Waals surface area contributed by atoms with Gasteiger partial charge in [0, 0.05) is 14.2 Å². The van der Waals surface area contributed by atoms with E-state index in [0.29, 0.717) is 0 Å². The first-order valence-electron chi connectivity index (χ1n) is 5.40. The largest absolute Gasteiger partial charge is 0.468 e. The maximum atomic E-state index is 12.3. The Hall–Kier alpha value is -1.16. The number of rotatable bonds is 6. The van der Waals surface area contributed by atoms with Crippen molar-refractivity contribution in [2.45, 2.75) is 12.1 Å². The Balaban J connectivity index is 3.00. The highest BCUT2D eigenvalue weighted by atomic mass is 31.2. The molecule has 5 nitrogen and oxygen atoms in total. The quantitative estimate of drug-likeness (QED) is 0.587. The lowest BCUT2D eigenvalue weighted by Gasteiger charge is -2.22. The fourth-order valence-electron chi connectivity index (χ4n) is 1.63. The Morgan fingerprint density at radius 1 is 1.17 bits per heavy atom. The Kier molecular flexibility index (Phi) is 5.54. The Labute approximate surface area is 107 Å². The van der Waals surface area contributed by atoms with Gasteiger partial charge in [0.05, 0.1) is 7.11 Å². The lowest BCUT2D eigenvalue weighted by molar-refractivity contribution is -0.140. The van der Waals surface area contributed by atoms with Gasteiger partial charge < -0.3 is 13.8 Å². The fourth-order valence-corrected chi connectivity index (χ4v) is 3.08. The van der Waals surface area contributed by atoms with Crippen LogP contribution in [-0.4, -0.2) is 33.0 Å². The normalized spacial score (nSPS) is 13.1. The monoisotopic (exact) mass is 272 g/mol. The molecular formula is C12H17O5P. The second-order valence-corrected chi connectivity index (χ2v) is 6.07. The third kappa shape index (κ3) is 3.42. The van der Waals surface area contributed by atoms with Crippen molar-refractivity contribution in [3.05, 3.63) is 35.9 Å². The van der Waals surface area contributed by atoms with E-state index < -0.39 is 19.2 Å². The van der Waals surface area contributed by atoms with E-state index in [1.807, 2.05) is 30.3 Å². The minimum absolute atomic E-state index is 0.243. The van der Waals surface area contributed by atoms with E-state index in [0.717, 1.165) is 5.56 Å². The minimum atomic E-state index is -3.50. The molecule has 0 amide bonds. The summed E-state index contributed by atoms with van der Waals surface area (Å²) in [7, 11) is 0.252. The van der Waals surface area contributed by atoms with Crippen molar-refractivity contribution in [2.75, 3.05) is 21.3 Å². The van der Waals surface area contributed by atoms with Gasteiger partial charge in [-0.1, -0.05) is 30.3 Å². The number of carbonyl (C=O) groups is 1. The van der Waals surface area contributed by atoms with Crippen LogP contribution in [0.4, 0.5) is 0 Å². The zero-order chi connectivity index (χ0) is 13.6. The van der Waals surface area contributed by atoms with Gasteiger partial charge in [-0.15, -0.1) is 0 Å². The van der Waals surface area contributed by atoms with Gasteiger partial charge in [-0.25, -0.2) is 0 Å². The van der Waals surface area contributed by atoms with Crippen LogP contribution in [-0.2, 0) is 29.6 Å². The average molecular weight is 272 g/mol. The summed E-state index contributed by atoms with van der Waals surface area (Å²) in [4.78, 5) is 11.7. The molecule has 0 aliphatic rings. The molecule has 0 bridgehead atoms. The van der Waals surface area contributed by atoms with Crippen LogP contribution in [0.15, 0.2) is 30.3 Å². The molecule has 0 aliphatic carbocycles. The van der Waals surface area contributed by atoms with E-state index in [1.54, 1.807) is 0 Å². The maximum absolute atomic E-state index is 12.3. The van der Waals surface area contributed by atoms with Crippen molar-refractivity contribution < 1.29 is 23.1 Å². The lowest BCUT2D eigenvalue weighted by atomic mass is 10.1. The Morgan fingerprint density at radius 3 is 2.17 bits per heavy atom. The summed E-state index contributed by atoms with van der Waals surface area (Å²) in [5.41, 5.74) is -0.0953. The number of ether oxygens (including phenoxy) is 1. The fraction of sp³-hybridized carbons (Fsp3) is 0.417. The molecule has 0 spiro atoms. The van der Waals surface area contributed by atoms with Gasteiger partial charge in [0.25, 0.3) is 0 Å². The molecule has 0 radical (unpaired) electrons. The number of carbonyl (C=O) groups excluding carboxylic acids is 1. The molecule has 0 saturated heterocycles. The topological polar surface area (TPSA) is 61.8 Å². The molecule has 6 heteroatoms. The van der Waals surface area contributed by atoms with E-state index in [-0.39, 0.29) is 6.42 Å². The summed E-state index contributed by atoms with van der Waals surface area (Å²) in [5.74, 6) is -0.606. The molecule has 100 valence electrons. The van der Waals surface area contributed by atoms with Crippen LogP contribution in [0.3, 0.4) is 0 Å². The average Bonchev–Trinajstić information content (AvgIpc) is 2.44. The van der Waals surface area contributed by atoms with E-state index in [4.69, 9.17) is 9.05 Å². The minimum Gasteiger partial charge on any atom is -0.468 e. The summed E-state index contributed by atoms with van der Waals surface area (Å²) < 4.78 is 26.7. The summed E-state index contributed by atoms with van der Waals surface area (Å²) >= 11 is 0. The SMILES string of the molecule is COC(=O)C(Cc1ccccc1)P(=O)(OC)OC. The summed E-state index contributed by atoms with van der Waals surface area (Å²) in [6, 6.07) is 9.22. The Morgan fingerprint density at radius 2 is 1.72 bits per heavy atom. The van der Waals surface area contributed by atoms with Crippen LogP contribution in [0.1, 0.15) is 5.56 Å². The van der Waals surface area contributed by atoms with Crippen LogP contribution in [0.2, 0.25) is 0 Å². The first-order chi connectivity index (χ1) is 8.57. The van der Waals surface area contributed by atoms with Gasteiger partial charge in [-0.3, -0.25) is 9.36 Å². The van der Waals surface area contributed by atoms with E-state index >= 15 is 0 Å². The van der Waals surface area contributed by atoms with Gasteiger partial charge in [0.1, 0.15) is 0 Å². The highest BCUT2D eigenvalue weighted by Crippen LogP contribution is 2.53. The predicted octanol–water partition coefficient (Wildman–Crippen LogP) is 2.26. The summed E-state index contributed by atoms with van der Waals surface area (Å²) in [6.07, 6.45) is 0.243. The molecule has 0 heterocycles. The van der Waals surface area contributed by atoms with E-state index in [9.17, 15) is 9.36 Å². The highest BCUT2D eigenvalue weighted by Gasteiger charge is 2.40. The first kappa shape index (κ1) is 14.9. The van der Waals surface area contributed by atoms with Gasteiger partial charge in [0.2, 0.25) is 0 Å². The number of esters is 1. The molecule has 1 atom stereocenters. The zero-order valence-electron chi connectivity index (χ0n) is 10.7. The second kappa shape index (κ2) is 6.69. The van der Waals surface area contributed by atoms with Gasteiger partial charge in [0.15, 0.2) is 5.66 Å². The van der Waals surface area contributed by atoms with Crippen molar-refractivity contribution in [1.29, 1.82) is 0 Å². The lowest BCUT2D eigenvalue weighted by Crippen LogP contribution is -2.26. The number of methoxy groups -OCH3 is 1. The summed E-state index contributed by atoms with van der Waals surface area (Å²) in [6.45, 7) is 0. The molecule has 1 aromatic carbocycles. The molecule has 1 aromatic rings. The molecular weight excluding hydrogens is 255 g/mol. The Bertz CT molecular complexity index is 423. The third-order valence-corrected chi connectivity index (χ3v) is 4.81. The third-order valence-electron chi connectivity index (χ3n) is 2.64. The van der Waals surface area contributed by atoms with Gasteiger partial charge in [-0.2, -0.15) is 0 Å². The van der Waals surface area contributed by atoms with Gasteiger partial charge >= 0.3 is 13.6 Å². The predicted molar refractivity (Wildman–Crippen MR) is 67.6 cm³/mol. The van der Waals surface area contributed by atoms with Crippen LogP contribution < -0.4 is 0 Å². The molecule has 0 aliphatic heterocycles. The van der Waals surface area contributed by atoms with Crippen LogP contribution in [0.5, 0.6) is 0 Å². The first-order valence-corrected chi connectivity index (χ1v) is 7.01. The van der Waals surface area contributed by atoms with Crippen LogP contribution >= 0.6 is 7.60 Å². The van der Waals surface area contributed by atoms with E-state index in [1.165, 1.54) is 21.3 Å². The second-order valence-electron chi connectivity index (χ2n) is 3.63. The van der Waals surface area contributed by atoms with Crippen LogP contribution in [0.25, 0.3) is 0 Å². The van der Waals surface area contributed by atoms with Crippen molar-refractivity contribution in [3.63, 3.8) is 0 Å². The van der Waals surface area contributed by atoms with E-state index in [2.05, 4.69) is 4.74 Å². The molecule has 18 heavy (non-hydrogen) atoms. The standard InChI is InChI=1S/C12H17O5P/c1-15-12(13)11(18(14,16-2)17-3)9-10-7-5-4-6-8-10/h4-8,11H,9H2,1-3H3. The van der Waals surface area contributed by atoms with Crippen molar-refractivity contribution in [3.8, 4) is 0 Å². The zero-order valence-corrected chi connectivity index (χ0v) is 11.6. The van der Waals surface area contributed by atoms with Crippen molar-refractivity contribution >= 4 is 13.6 Å². The van der Waals surface area contributed by atoms with Gasteiger partial charge in [-0.05, 0) is 12.0 Å². The number of benzene rings is 1. The molecule has 0 fully saturated rings. The molecule has 0 saturated carbocycles. The highest BCUT2D eigenvalue weighted by molar-refractivity contribution is 7.55. The summed E-state index contributed by atoms with van der Waals surface area (Å²) in [5, 5.41) is 0. The number of hydrogen-bond acceptors (Lipinski definition) is 5. The molecule has 0 aromatic heterocycles.